The minimum atomic E-state index is 0.0586. The van der Waals surface area contributed by atoms with E-state index >= 15 is 0 Å². The van der Waals surface area contributed by atoms with Gasteiger partial charge in [0.25, 0.3) is 0 Å². The molecule has 2 N–H and O–H groups in total. The Bertz CT molecular complexity index is 445. The molecule has 0 amide bonds. The summed E-state index contributed by atoms with van der Waals surface area (Å²) in [6.45, 7) is 0.709. The maximum Gasteiger partial charge on any atom is 0.115 e. The molecule has 1 aromatic heterocycles. The SMILES string of the molecule is OCc1cccc(NCc2ccncn2)c1. The van der Waals surface area contributed by atoms with E-state index < -0.39 is 0 Å². The summed E-state index contributed by atoms with van der Waals surface area (Å²) >= 11 is 0. The van der Waals surface area contributed by atoms with Gasteiger partial charge in [-0.25, -0.2) is 9.97 Å². The number of hydrogen-bond acceptors (Lipinski definition) is 4. The van der Waals surface area contributed by atoms with Gasteiger partial charge in [0, 0.05) is 11.9 Å². The van der Waals surface area contributed by atoms with Crippen LogP contribution in [0.2, 0.25) is 0 Å². The number of aliphatic hydroxyl groups excluding tert-OH is 1. The van der Waals surface area contributed by atoms with Crippen molar-refractivity contribution >= 4 is 5.69 Å². The van der Waals surface area contributed by atoms with E-state index in [9.17, 15) is 0 Å². The van der Waals surface area contributed by atoms with Crippen LogP contribution in [0.15, 0.2) is 42.9 Å². The molecule has 1 heterocycles. The van der Waals surface area contributed by atoms with Crippen molar-refractivity contribution in [2.75, 3.05) is 5.32 Å². The monoisotopic (exact) mass is 215 g/mol. The fourth-order valence-corrected chi connectivity index (χ4v) is 1.39. The van der Waals surface area contributed by atoms with Crippen molar-refractivity contribution < 1.29 is 5.11 Å². The fraction of sp³-hybridized carbons (Fsp3) is 0.167. The molecule has 0 saturated carbocycles. The Morgan fingerprint density at radius 3 is 2.94 bits per heavy atom. The van der Waals surface area contributed by atoms with Gasteiger partial charge >= 0.3 is 0 Å². The van der Waals surface area contributed by atoms with Gasteiger partial charge in [0.1, 0.15) is 6.33 Å². The summed E-state index contributed by atoms with van der Waals surface area (Å²) in [5.41, 5.74) is 2.81. The van der Waals surface area contributed by atoms with Crippen LogP contribution in [0, 0.1) is 0 Å². The average molecular weight is 215 g/mol. The van der Waals surface area contributed by atoms with Gasteiger partial charge in [0.15, 0.2) is 0 Å². The fourth-order valence-electron chi connectivity index (χ4n) is 1.39. The van der Waals surface area contributed by atoms with Gasteiger partial charge in [-0.15, -0.1) is 0 Å². The quantitative estimate of drug-likeness (QED) is 0.813. The second kappa shape index (κ2) is 5.23. The van der Waals surface area contributed by atoms with E-state index in [1.54, 1.807) is 6.20 Å². The van der Waals surface area contributed by atoms with Crippen LogP contribution < -0.4 is 5.32 Å². The molecular weight excluding hydrogens is 202 g/mol. The number of benzene rings is 1. The first kappa shape index (κ1) is 10.6. The minimum absolute atomic E-state index is 0.0586. The van der Waals surface area contributed by atoms with Gasteiger partial charge in [0.2, 0.25) is 0 Å². The van der Waals surface area contributed by atoms with Gasteiger partial charge in [-0.3, -0.25) is 0 Å². The van der Waals surface area contributed by atoms with Gasteiger partial charge in [-0.2, -0.15) is 0 Å². The Labute approximate surface area is 94.0 Å². The average Bonchev–Trinajstić information content (AvgIpc) is 2.38. The summed E-state index contributed by atoms with van der Waals surface area (Å²) in [5, 5.41) is 12.2. The molecule has 1 aromatic carbocycles. The van der Waals surface area contributed by atoms with Crippen molar-refractivity contribution in [2.24, 2.45) is 0 Å². The van der Waals surface area contributed by atoms with Crippen molar-refractivity contribution in [2.45, 2.75) is 13.2 Å². The number of hydrogen-bond donors (Lipinski definition) is 2. The van der Waals surface area contributed by atoms with E-state index in [1.165, 1.54) is 6.33 Å². The molecule has 4 nitrogen and oxygen atoms in total. The Balaban J connectivity index is 1.99. The Morgan fingerprint density at radius 2 is 2.19 bits per heavy atom. The van der Waals surface area contributed by atoms with E-state index in [2.05, 4.69) is 15.3 Å². The van der Waals surface area contributed by atoms with E-state index in [-0.39, 0.29) is 6.61 Å². The summed E-state index contributed by atoms with van der Waals surface area (Å²) in [7, 11) is 0. The van der Waals surface area contributed by atoms with E-state index in [1.807, 2.05) is 30.3 Å². The first-order chi connectivity index (χ1) is 7.88. The third kappa shape index (κ3) is 2.77. The van der Waals surface area contributed by atoms with Gasteiger partial charge in [-0.1, -0.05) is 12.1 Å². The summed E-state index contributed by atoms with van der Waals surface area (Å²) in [6, 6.07) is 9.54. The lowest BCUT2D eigenvalue weighted by atomic mass is 10.2. The van der Waals surface area contributed by atoms with Crippen LogP contribution in [0.25, 0.3) is 0 Å². The standard InChI is InChI=1S/C12H13N3O/c16-8-10-2-1-3-11(6-10)14-7-12-4-5-13-9-15-12/h1-6,9,14,16H,7-8H2. The molecule has 4 heteroatoms. The minimum Gasteiger partial charge on any atom is -0.392 e. The largest absolute Gasteiger partial charge is 0.392 e. The molecule has 0 unspecified atom stereocenters. The maximum atomic E-state index is 9.00. The van der Waals surface area contributed by atoms with Crippen molar-refractivity contribution in [1.82, 2.24) is 9.97 Å². The highest BCUT2D eigenvalue weighted by molar-refractivity contribution is 5.45. The Kier molecular flexibility index (Phi) is 3.46. The van der Waals surface area contributed by atoms with Crippen LogP contribution in [-0.2, 0) is 13.2 Å². The molecule has 0 saturated heterocycles. The number of nitrogens with zero attached hydrogens (tertiary/aromatic N) is 2. The topological polar surface area (TPSA) is 58.0 Å². The number of nitrogens with one attached hydrogen (secondary N) is 1. The van der Waals surface area contributed by atoms with Crippen molar-refractivity contribution in [3.8, 4) is 0 Å². The number of anilines is 1. The van der Waals surface area contributed by atoms with Crippen LogP contribution in [0.3, 0.4) is 0 Å². The molecular formula is C12H13N3O. The predicted molar refractivity (Wildman–Crippen MR) is 61.7 cm³/mol. The maximum absolute atomic E-state index is 9.00. The molecule has 0 aliphatic heterocycles. The highest BCUT2D eigenvalue weighted by atomic mass is 16.3. The smallest absolute Gasteiger partial charge is 0.115 e. The van der Waals surface area contributed by atoms with Crippen molar-refractivity contribution in [3.05, 3.63) is 54.1 Å². The van der Waals surface area contributed by atoms with Crippen LogP contribution >= 0.6 is 0 Å². The first-order valence-corrected chi connectivity index (χ1v) is 5.07. The molecule has 0 bridgehead atoms. The van der Waals surface area contributed by atoms with Crippen molar-refractivity contribution in [3.63, 3.8) is 0 Å². The van der Waals surface area contributed by atoms with Crippen LogP contribution in [-0.4, -0.2) is 15.1 Å². The lowest BCUT2D eigenvalue weighted by molar-refractivity contribution is 0.282. The highest BCUT2D eigenvalue weighted by Gasteiger charge is 1.96. The Hall–Kier alpha value is -1.94. The molecule has 0 radical (unpaired) electrons. The Morgan fingerprint density at radius 1 is 1.25 bits per heavy atom. The summed E-state index contributed by atoms with van der Waals surface area (Å²) in [5.74, 6) is 0. The highest BCUT2D eigenvalue weighted by Crippen LogP contribution is 2.11. The third-order valence-corrected chi connectivity index (χ3v) is 2.23. The zero-order chi connectivity index (χ0) is 11.2. The predicted octanol–water partition coefficient (Wildman–Crippen LogP) is 1.58. The molecule has 0 atom stereocenters. The summed E-state index contributed by atoms with van der Waals surface area (Å²) < 4.78 is 0. The normalized spacial score (nSPS) is 10.1. The second-order valence-corrected chi connectivity index (χ2v) is 3.41. The third-order valence-electron chi connectivity index (χ3n) is 2.23. The lowest BCUT2D eigenvalue weighted by Gasteiger charge is -2.06. The number of aliphatic hydroxyl groups is 1. The van der Waals surface area contributed by atoms with Gasteiger partial charge in [-0.05, 0) is 23.8 Å². The summed E-state index contributed by atoms with van der Waals surface area (Å²) in [6.07, 6.45) is 3.25. The van der Waals surface area contributed by atoms with E-state index in [4.69, 9.17) is 5.11 Å². The molecule has 0 aliphatic carbocycles. The zero-order valence-electron chi connectivity index (χ0n) is 8.80. The van der Waals surface area contributed by atoms with Crippen LogP contribution in [0.1, 0.15) is 11.3 Å². The van der Waals surface area contributed by atoms with Crippen LogP contribution in [0.5, 0.6) is 0 Å². The molecule has 2 rings (SSSR count). The number of aromatic nitrogens is 2. The first-order valence-electron chi connectivity index (χ1n) is 5.07. The van der Waals surface area contributed by atoms with E-state index in [0.717, 1.165) is 16.9 Å². The van der Waals surface area contributed by atoms with Gasteiger partial charge in [0.05, 0.1) is 18.8 Å². The molecule has 2 aromatic rings. The van der Waals surface area contributed by atoms with Gasteiger partial charge < -0.3 is 10.4 Å². The summed E-state index contributed by atoms with van der Waals surface area (Å²) in [4.78, 5) is 7.97. The van der Waals surface area contributed by atoms with Crippen molar-refractivity contribution in [1.29, 1.82) is 0 Å². The lowest BCUT2D eigenvalue weighted by Crippen LogP contribution is -2.01. The molecule has 16 heavy (non-hydrogen) atoms. The second-order valence-electron chi connectivity index (χ2n) is 3.41. The molecule has 82 valence electrons. The number of rotatable bonds is 4. The van der Waals surface area contributed by atoms with E-state index in [0.29, 0.717) is 6.54 Å². The zero-order valence-corrected chi connectivity index (χ0v) is 8.80. The molecule has 0 spiro atoms. The molecule has 0 fully saturated rings. The van der Waals surface area contributed by atoms with Crippen LogP contribution in [0.4, 0.5) is 5.69 Å². The molecule has 0 aliphatic rings.